The average molecular weight is 389 g/mol. The number of amides is 1. The number of pyridine rings is 1. The van der Waals surface area contributed by atoms with E-state index in [1.165, 1.54) is 16.5 Å². The Balaban J connectivity index is 1.35. The molecule has 0 spiro atoms. The molecule has 2 aromatic carbocycles. The molecule has 1 aromatic heterocycles. The molecule has 5 heteroatoms. The van der Waals surface area contributed by atoms with Crippen LogP contribution in [0.2, 0.25) is 0 Å². The normalized spacial score (nSPS) is 14.9. The minimum absolute atomic E-state index is 0.0547. The summed E-state index contributed by atoms with van der Waals surface area (Å²) in [4.78, 5) is 21.9. The third kappa shape index (κ3) is 4.40. The highest BCUT2D eigenvalue weighted by atomic mass is 16.2. The van der Waals surface area contributed by atoms with Crippen molar-refractivity contribution in [2.24, 2.45) is 0 Å². The Labute approximate surface area is 172 Å². The molecule has 1 N–H and O–H groups in total. The summed E-state index contributed by atoms with van der Waals surface area (Å²) in [5, 5.41) is 4.28. The van der Waals surface area contributed by atoms with Crippen molar-refractivity contribution in [3.05, 3.63) is 65.7 Å². The van der Waals surface area contributed by atoms with Crippen molar-refractivity contribution in [2.75, 3.05) is 42.9 Å². The zero-order valence-electron chi connectivity index (χ0n) is 17.2. The van der Waals surface area contributed by atoms with Gasteiger partial charge in [-0.1, -0.05) is 43.3 Å². The van der Waals surface area contributed by atoms with Gasteiger partial charge in [0, 0.05) is 37.3 Å². The topological polar surface area (TPSA) is 48.5 Å². The molecule has 0 radical (unpaired) electrons. The Morgan fingerprint density at radius 3 is 2.55 bits per heavy atom. The number of piperazine rings is 1. The minimum Gasteiger partial charge on any atom is -0.354 e. The predicted molar refractivity (Wildman–Crippen MR) is 120 cm³/mol. The summed E-state index contributed by atoms with van der Waals surface area (Å²) in [5.41, 5.74) is 4.39. The van der Waals surface area contributed by atoms with Gasteiger partial charge in [0.05, 0.1) is 12.1 Å². The fourth-order valence-electron chi connectivity index (χ4n) is 3.97. The highest BCUT2D eigenvalue weighted by Crippen LogP contribution is 2.23. The Bertz CT molecular complexity index is 1010. The van der Waals surface area contributed by atoms with Crippen LogP contribution in [0.3, 0.4) is 0 Å². The summed E-state index contributed by atoms with van der Waals surface area (Å²) in [6.45, 7) is 8.14. The number of aryl methyl sites for hydroxylation is 2. The number of hydrogen-bond donors (Lipinski definition) is 1. The summed E-state index contributed by atoms with van der Waals surface area (Å²) in [6.07, 6.45) is 0.910. The zero-order valence-corrected chi connectivity index (χ0v) is 17.2. The van der Waals surface area contributed by atoms with E-state index in [-0.39, 0.29) is 5.91 Å². The maximum atomic E-state index is 12.5. The number of rotatable bonds is 5. The molecule has 1 aliphatic heterocycles. The molecule has 1 fully saturated rings. The molecular weight excluding hydrogens is 360 g/mol. The first kappa shape index (κ1) is 19.4. The van der Waals surface area contributed by atoms with E-state index in [4.69, 9.17) is 4.98 Å². The van der Waals surface area contributed by atoms with Crippen LogP contribution in [0.25, 0.3) is 10.9 Å². The smallest absolute Gasteiger partial charge is 0.238 e. The maximum Gasteiger partial charge on any atom is 0.238 e. The lowest BCUT2D eigenvalue weighted by atomic mass is 10.1. The van der Waals surface area contributed by atoms with Crippen molar-refractivity contribution >= 4 is 28.3 Å². The van der Waals surface area contributed by atoms with Crippen molar-refractivity contribution in [2.45, 2.75) is 20.3 Å². The van der Waals surface area contributed by atoms with Gasteiger partial charge < -0.3 is 10.2 Å². The van der Waals surface area contributed by atoms with E-state index in [0.29, 0.717) is 6.54 Å². The Morgan fingerprint density at radius 2 is 1.76 bits per heavy atom. The van der Waals surface area contributed by atoms with Crippen LogP contribution in [0.5, 0.6) is 0 Å². The molecule has 0 saturated carbocycles. The standard InChI is InChI=1S/C24H28N4O/c1-3-19-8-4-6-10-21(19)26-24(29)17-27-12-14-28(15-13-27)23-16-18(2)20-9-5-7-11-22(20)25-23/h4-11,16H,3,12-15,17H2,1-2H3,(H,26,29). The minimum atomic E-state index is 0.0547. The zero-order chi connectivity index (χ0) is 20.2. The van der Waals surface area contributed by atoms with Gasteiger partial charge in [-0.05, 0) is 42.7 Å². The molecule has 5 nitrogen and oxygen atoms in total. The summed E-state index contributed by atoms with van der Waals surface area (Å²) >= 11 is 0. The molecule has 0 aliphatic carbocycles. The molecule has 2 heterocycles. The molecule has 150 valence electrons. The summed E-state index contributed by atoms with van der Waals surface area (Å²) in [7, 11) is 0. The molecule has 3 aromatic rings. The third-order valence-corrected chi connectivity index (χ3v) is 5.65. The maximum absolute atomic E-state index is 12.5. The first-order chi connectivity index (χ1) is 14.1. The second kappa shape index (κ2) is 8.62. The fourth-order valence-corrected chi connectivity index (χ4v) is 3.97. The van der Waals surface area contributed by atoms with E-state index in [2.05, 4.69) is 59.3 Å². The second-order valence-electron chi connectivity index (χ2n) is 7.64. The number of hydrogen-bond acceptors (Lipinski definition) is 4. The lowest BCUT2D eigenvalue weighted by molar-refractivity contribution is -0.117. The average Bonchev–Trinajstić information content (AvgIpc) is 2.74. The van der Waals surface area contributed by atoms with Crippen molar-refractivity contribution in [3.63, 3.8) is 0 Å². The Kier molecular flexibility index (Phi) is 5.76. The van der Waals surface area contributed by atoms with Crippen LogP contribution in [0, 0.1) is 6.92 Å². The first-order valence-electron chi connectivity index (χ1n) is 10.4. The van der Waals surface area contributed by atoms with E-state index < -0.39 is 0 Å². The van der Waals surface area contributed by atoms with Crippen LogP contribution in [0.1, 0.15) is 18.1 Å². The van der Waals surface area contributed by atoms with E-state index in [1.807, 2.05) is 24.3 Å². The Morgan fingerprint density at radius 1 is 1.03 bits per heavy atom. The van der Waals surface area contributed by atoms with E-state index in [9.17, 15) is 4.79 Å². The van der Waals surface area contributed by atoms with Gasteiger partial charge in [-0.3, -0.25) is 9.69 Å². The number of nitrogens with zero attached hydrogens (tertiary/aromatic N) is 3. The Hall–Kier alpha value is -2.92. The van der Waals surface area contributed by atoms with E-state index in [1.54, 1.807) is 0 Å². The highest BCUT2D eigenvalue weighted by Gasteiger charge is 2.20. The van der Waals surface area contributed by atoms with E-state index in [0.717, 1.165) is 49.6 Å². The molecular formula is C24H28N4O. The number of benzene rings is 2. The van der Waals surface area contributed by atoms with Gasteiger partial charge in [0.2, 0.25) is 5.91 Å². The van der Waals surface area contributed by atoms with Gasteiger partial charge in [-0.15, -0.1) is 0 Å². The van der Waals surface area contributed by atoms with Crippen molar-refractivity contribution in [3.8, 4) is 0 Å². The van der Waals surface area contributed by atoms with Gasteiger partial charge in [0.1, 0.15) is 5.82 Å². The number of carbonyl (C=O) groups is 1. The third-order valence-electron chi connectivity index (χ3n) is 5.65. The molecule has 1 saturated heterocycles. The molecule has 1 amide bonds. The van der Waals surface area contributed by atoms with Gasteiger partial charge in [0.15, 0.2) is 0 Å². The molecule has 0 atom stereocenters. The largest absolute Gasteiger partial charge is 0.354 e. The lowest BCUT2D eigenvalue weighted by Gasteiger charge is -2.35. The number of fused-ring (bicyclic) bond motifs is 1. The van der Waals surface area contributed by atoms with Gasteiger partial charge in [-0.25, -0.2) is 4.98 Å². The molecule has 4 rings (SSSR count). The number of aromatic nitrogens is 1. The second-order valence-corrected chi connectivity index (χ2v) is 7.64. The SMILES string of the molecule is CCc1ccccc1NC(=O)CN1CCN(c2cc(C)c3ccccc3n2)CC1. The number of carbonyl (C=O) groups excluding carboxylic acids is 1. The number of para-hydroxylation sites is 2. The van der Waals surface area contributed by atoms with Crippen LogP contribution in [-0.2, 0) is 11.2 Å². The van der Waals surface area contributed by atoms with Crippen LogP contribution in [0.15, 0.2) is 54.6 Å². The first-order valence-corrected chi connectivity index (χ1v) is 10.4. The van der Waals surface area contributed by atoms with Gasteiger partial charge >= 0.3 is 0 Å². The van der Waals surface area contributed by atoms with Crippen LogP contribution < -0.4 is 10.2 Å². The van der Waals surface area contributed by atoms with Crippen LogP contribution in [-0.4, -0.2) is 48.5 Å². The fraction of sp³-hybridized carbons (Fsp3) is 0.333. The molecule has 0 unspecified atom stereocenters. The molecule has 0 bridgehead atoms. The molecule has 29 heavy (non-hydrogen) atoms. The number of nitrogens with one attached hydrogen (secondary N) is 1. The van der Waals surface area contributed by atoms with Gasteiger partial charge in [-0.2, -0.15) is 0 Å². The summed E-state index contributed by atoms with van der Waals surface area (Å²) in [6, 6.07) is 18.5. The van der Waals surface area contributed by atoms with E-state index >= 15 is 0 Å². The van der Waals surface area contributed by atoms with Gasteiger partial charge in [0.25, 0.3) is 0 Å². The van der Waals surface area contributed by atoms with Crippen molar-refractivity contribution in [1.82, 2.24) is 9.88 Å². The lowest BCUT2D eigenvalue weighted by Crippen LogP contribution is -2.49. The van der Waals surface area contributed by atoms with Crippen LogP contribution >= 0.6 is 0 Å². The predicted octanol–water partition coefficient (Wildman–Crippen LogP) is 3.87. The molecule has 1 aliphatic rings. The number of anilines is 2. The van der Waals surface area contributed by atoms with Crippen LogP contribution in [0.4, 0.5) is 11.5 Å². The highest BCUT2D eigenvalue weighted by molar-refractivity contribution is 5.93. The monoisotopic (exact) mass is 388 g/mol. The van der Waals surface area contributed by atoms with Crippen molar-refractivity contribution in [1.29, 1.82) is 0 Å². The summed E-state index contributed by atoms with van der Waals surface area (Å²) in [5.74, 6) is 1.08. The van der Waals surface area contributed by atoms with Crippen molar-refractivity contribution < 1.29 is 4.79 Å². The quantitative estimate of drug-likeness (QED) is 0.721. The summed E-state index contributed by atoms with van der Waals surface area (Å²) < 4.78 is 0.